The van der Waals surface area contributed by atoms with Crippen LogP contribution in [0.25, 0.3) is 99.5 Å². The average Bonchev–Trinajstić information content (AvgIpc) is 3.66. The maximum atomic E-state index is 5.32. The van der Waals surface area contributed by atoms with E-state index in [2.05, 4.69) is 188 Å². The molecule has 0 bridgehead atoms. The van der Waals surface area contributed by atoms with Crippen LogP contribution < -0.4 is 0 Å². The Balaban J connectivity index is 1.12. The van der Waals surface area contributed by atoms with Crippen LogP contribution in [-0.4, -0.2) is 15.0 Å². The van der Waals surface area contributed by atoms with E-state index >= 15 is 0 Å². The average molecular weight is 864 g/mol. The molecule has 0 spiro atoms. The quantitative estimate of drug-likeness (QED) is 0.128. The topological polar surface area (TPSA) is 38.7 Å². The maximum absolute atomic E-state index is 5.32. The number of nitrogens with zero attached hydrogens (tertiary/aromatic N) is 3. The van der Waals surface area contributed by atoms with Crippen molar-refractivity contribution in [3.63, 3.8) is 0 Å². The van der Waals surface area contributed by atoms with Crippen molar-refractivity contribution in [3.05, 3.63) is 217 Å². The molecule has 0 saturated heterocycles. The van der Waals surface area contributed by atoms with Crippen LogP contribution in [0.5, 0.6) is 0 Å². The van der Waals surface area contributed by atoms with Gasteiger partial charge in [0.1, 0.15) is 0 Å². The van der Waals surface area contributed by atoms with Crippen LogP contribution >= 0.6 is 19.8 Å². The molecule has 1 aliphatic rings. The minimum absolute atomic E-state index is 0.658. The Morgan fingerprint density at radius 3 is 1.44 bits per heavy atom. The summed E-state index contributed by atoms with van der Waals surface area (Å²) in [4.78, 5) is 15.7. The first-order valence-electron chi connectivity index (χ1n) is 19.9. The fourth-order valence-electron chi connectivity index (χ4n) is 8.79. The molecular weight excluding hydrogens is 830 g/mol. The molecular formula is C55H34IN3. The van der Waals surface area contributed by atoms with Gasteiger partial charge in [-0.25, -0.2) is 0 Å². The summed E-state index contributed by atoms with van der Waals surface area (Å²) in [5.74, 6) is 1.98. The summed E-state index contributed by atoms with van der Waals surface area (Å²) in [5, 5.41) is 9.94. The van der Waals surface area contributed by atoms with Gasteiger partial charge in [0, 0.05) is 0 Å². The van der Waals surface area contributed by atoms with Crippen molar-refractivity contribution >= 4 is 62.9 Å². The summed E-state index contributed by atoms with van der Waals surface area (Å²) in [6.07, 6.45) is 0. The predicted molar refractivity (Wildman–Crippen MR) is 254 cm³/mol. The summed E-state index contributed by atoms with van der Waals surface area (Å²) in [6, 6.07) is 75.0. The number of benzene rings is 10. The Bertz CT molecular complexity index is 3390. The fourth-order valence-corrected chi connectivity index (χ4v) is 15.3. The van der Waals surface area contributed by atoms with Crippen molar-refractivity contribution in [3.8, 4) is 56.4 Å². The Morgan fingerprint density at radius 2 is 0.763 bits per heavy atom. The van der Waals surface area contributed by atoms with Crippen molar-refractivity contribution in [1.82, 2.24) is 15.0 Å². The van der Waals surface area contributed by atoms with Gasteiger partial charge in [0.25, 0.3) is 0 Å². The first kappa shape index (κ1) is 34.1. The van der Waals surface area contributed by atoms with Gasteiger partial charge in [-0.15, -0.1) is 0 Å². The standard InChI is InChI=1S/C55H34IN3/c1-2-15-36(16-3-1)53-57-54(39-27-26-35-14-4-5-17-37(35)30-39)59-55(58-53)41-31-40(32-42(33-41)56-51-24-12-10-22-48(51)49-23-11-13-25-52(49)56)38-28-29-47-45-20-7-6-18-43(45)44-19-8-9-21-46(44)50(47)34-38/h1-34H. The minimum atomic E-state index is -2.15. The van der Waals surface area contributed by atoms with Gasteiger partial charge in [0.15, 0.2) is 0 Å². The van der Waals surface area contributed by atoms with E-state index in [-0.39, 0.29) is 0 Å². The zero-order chi connectivity index (χ0) is 38.9. The Labute approximate surface area is 349 Å². The summed E-state index contributed by atoms with van der Waals surface area (Å²) in [5.41, 5.74) is 7.95. The molecule has 2 heterocycles. The second-order valence-electron chi connectivity index (χ2n) is 15.1. The van der Waals surface area contributed by atoms with E-state index in [9.17, 15) is 0 Å². The number of hydrogen-bond donors (Lipinski definition) is 0. The number of hydrogen-bond acceptors (Lipinski definition) is 3. The zero-order valence-corrected chi connectivity index (χ0v) is 34.0. The third-order valence-electron chi connectivity index (χ3n) is 11.6. The molecule has 59 heavy (non-hydrogen) atoms. The van der Waals surface area contributed by atoms with E-state index in [1.807, 2.05) is 18.2 Å². The SMILES string of the molecule is c1ccc(-c2nc(-c3cc(-c4ccc5c6ccccc6c6ccccc6c5c4)cc(I4c5ccccc5-c5ccccc54)c3)nc(-c3ccc4ccccc4c3)n2)cc1. The first-order valence-corrected chi connectivity index (χ1v) is 23.2. The third kappa shape index (κ3) is 5.74. The Kier molecular flexibility index (Phi) is 7.98. The van der Waals surface area contributed by atoms with Gasteiger partial charge in [0.2, 0.25) is 0 Å². The van der Waals surface area contributed by atoms with Gasteiger partial charge in [0.05, 0.1) is 0 Å². The second-order valence-corrected chi connectivity index (χ2v) is 20.2. The summed E-state index contributed by atoms with van der Waals surface area (Å²) in [6.45, 7) is 0. The van der Waals surface area contributed by atoms with Crippen molar-refractivity contribution in [2.75, 3.05) is 0 Å². The van der Waals surface area contributed by atoms with Crippen LogP contribution in [0, 0.1) is 10.7 Å². The van der Waals surface area contributed by atoms with E-state index in [0.717, 1.165) is 27.6 Å². The number of aromatic nitrogens is 3. The number of fused-ring (bicyclic) bond motifs is 10. The van der Waals surface area contributed by atoms with Crippen molar-refractivity contribution in [2.45, 2.75) is 0 Å². The van der Waals surface area contributed by atoms with E-state index in [4.69, 9.17) is 15.0 Å². The van der Waals surface area contributed by atoms with Crippen LogP contribution in [0.2, 0.25) is 0 Å². The fraction of sp³-hybridized carbons (Fsp3) is 0. The van der Waals surface area contributed by atoms with Crippen molar-refractivity contribution in [2.24, 2.45) is 0 Å². The number of rotatable bonds is 5. The molecule has 276 valence electrons. The second kappa shape index (κ2) is 13.8. The molecule has 1 aliphatic heterocycles. The summed E-state index contributed by atoms with van der Waals surface area (Å²) < 4.78 is 4.29. The van der Waals surface area contributed by atoms with Crippen LogP contribution in [0.1, 0.15) is 0 Å². The van der Waals surface area contributed by atoms with Gasteiger partial charge in [-0.3, -0.25) is 0 Å². The van der Waals surface area contributed by atoms with Gasteiger partial charge >= 0.3 is 351 Å². The van der Waals surface area contributed by atoms with E-state index in [1.165, 1.54) is 65.1 Å². The van der Waals surface area contributed by atoms with E-state index < -0.39 is 19.8 Å². The van der Waals surface area contributed by atoms with Crippen LogP contribution in [-0.2, 0) is 0 Å². The molecule has 11 aromatic rings. The molecule has 0 N–H and O–H groups in total. The molecule has 1 aromatic heterocycles. The van der Waals surface area contributed by atoms with Gasteiger partial charge < -0.3 is 0 Å². The predicted octanol–water partition coefficient (Wildman–Crippen LogP) is 14.5. The molecule has 12 rings (SSSR count). The van der Waals surface area contributed by atoms with E-state index in [0.29, 0.717) is 17.5 Å². The Morgan fingerprint density at radius 1 is 0.271 bits per heavy atom. The summed E-state index contributed by atoms with van der Waals surface area (Å²) in [7, 11) is 0. The van der Waals surface area contributed by atoms with Gasteiger partial charge in [-0.2, -0.15) is 0 Å². The molecule has 4 heteroatoms. The molecule has 0 radical (unpaired) electrons. The van der Waals surface area contributed by atoms with Gasteiger partial charge in [-0.05, 0) is 0 Å². The molecule has 0 atom stereocenters. The van der Waals surface area contributed by atoms with Crippen LogP contribution in [0.15, 0.2) is 206 Å². The molecule has 0 saturated carbocycles. The molecule has 0 amide bonds. The molecule has 0 fully saturated rings. The van der Waals surface area contributed by atoms with E-state index in [1.54, 1.807) is 0 Å². The first-order chi connectivity index (χ1) is 29.2. The monoisotopic (exact) mass is 863 g/mol. The molecule has 10 aromatic carbocycles. The van der Waals surface area contributed by atoms with Crippen LogP contribution in [0.4, 0.5) is 0 Å². The molecule has 0 unspecified atom stereocenters. The van der Waals surface area contributed by atoms with Gasteiger partial charge in [-0.1, -0.05) is 0 Å². The third-order valence-corrected chi connectivity index (χ3v) is 17.6. The molecule has 0 aliphatic carbocycles. The van der Waals surface area contributed by atoms with Crippen molar-refractivity contribution in [1.29, 1.82) is 0 Å². The summed E-state index contributed by atoms with van der Waals surface area (Å²) >= 11 is -2.15. The normalized spacial score (nSPS) is 12.6. The van der Waals surface area contributed by atoms with Crippen molar-refractivity contribution < 1.29 is 0 Å². The van der Waals surface area contributed by atoms with Crippen LogP contribution in [0.3, 0.4) is 0 Å². The number of halogens is 1. The zero-order valence-electron chi connectivity index (χ0n) is 31.8. The Hall–Kier alpha value is -7.02. The molecule has 3 nitrogen and oxygen atoms in total.